The fourth-order valence-corrected chi connectivity index (χ4v) is 0.806. The lowest BCUT2D eigenvalue weighted by Gasteiger charge is -2.04. The highest BCUT2D eigenvalue weighted by Gasteiger charge is 2.00. The van der Waals surface area contributed by atoms with E-state index in [1.165, 1.54) is 0 Å². The summed E-state index contributed by atoms with van der Waals surface area (Å²) in [6.45, 7) is 5.67. The van der Waals surface area contributed by atoms with E-state index >= 15 is 0 Å². The van der Waals surface area contributed by atoms with Crippen LogP contribution in [0.25, 0.3) is 0 Å². The van der Waals surface area contributed by atoms with Crippen LogP contribution in [0.4, 0.5) is 0 Å². The SMILES string of the molecule is C=CC(C)n1cnc(CO)c1. The van der Waals surface area contributed by atoms with Gasteiger partial charge in [-0.3, -0.25) is 0 Å². The Kier molecular flexibility index (Phi) is 2.44. The van der Waals surface area contributed by atoms with Crippen LogP contribution in [0.5, 0.6) is 0 Å². The molecule has 0 aliphatic carbocycles. The van der Waals surface area contributed by atoms with Gasteiger partial charge in [0.25, 0.3) is 0 Å². The van der Waals surface area contributed by atoms with E-state index in [1.807, 2.05) is 23.8 Å². The molecule has 11 heavy (non-hydrogen) atoms. The van der Waals surface area contributed by atoms with Gasteiger partial charge in [0.2, 0.25) is 0 Å². The predicted octanol–water partition coefficient (Wildman–Crippen LogP) is 1.12. The minimum Gasteiger partial charge on any atom is -0.390 e. The molecule has 0 fully saturated rings. The van der Waals surface area contributed by atoms with Crippen molar-refractivity contribution in [3.63, 3.8) is 0 Å². The van der Waals surface area contributed by atoms with E-state index in [1.54, 1.807) is 6.33 Å². The molecule has 1 atom stereocenters. The van der Waals surface area contributed by atoms with E-state index in [9.17, 15) is 0 Å². The van der Waals surface area contributed by atoms with Crippen LogP contribution >= 0.6 is 0 Å². The fraction of sp³-hybridized carbons (Fsp3) is 0.375. The molecule has 0 aliphatic heterocycles. The Morgan fingerprint density at radius 1 is 1.91 bits per heavy atom. The summed E-state index contributed by atoms with van der Waals surface area (Å²) in [5, 5.41) is 8.70. The molecule has 1 N–H and O–H groups in total. The zero-order valence-corrected chi connectivity index (χ0v) is 6.57. The third kappa shape index (κ3) is 1.68. The minimum absolute atomic E-state index is 0.00311. The molecule has 1 heterocycles. The van der Waals surface area contributed by atoms with Crippen molar-refractivity contribution >= 4 is 0 Å². The van der Waals surface area contributed by atoms with Crippen LogP contribution in [0.15, 0.2) is 25.2 Å². The van der Waals surface area contributed by atoms with Gasteiger partial charge < -0.3 is 9.67 Å². The van der Waals surface area contributed by atoms with E-state index in [-0.39, 0.29) is 12.6 Å². The van der Waals surface area contributed by atoms with Gasteiger partial charge in [-0.1, -0.05) is 6.08 Å². The Morgan fingerprint density at radius 3 is 3.09 bits per heavy atom. The van der Waals surface area contributed by atoms with Crippen molar-refractivity contribution in [3.8, 4) is 0 Å². The smallest absolute Gasteiger partial charge is 0.0955 e. The molecule has 1 aromatic heterocycles. The summed E-state index contributed by atoms with van der Waals surface area (Å²) in [6, 6.07) is 0.239. The number of nitrogens with zero attached hydrogens (tertiary/aromatic N) is 2. The van der Waals surface area contributed by atoms with Crippen molar-refractivity contribution in [1.29, 1.82) is 0 Å². The molecule has 0 saturated heterocycles. The maximum atomic E-state index is 8.70. The van der Waals surface area contributed by atoms with Crippen LogP contribution < -0.4 is 0 Å². The second-order valence-corrected chi connectivity index (χ2v) is 2.45. The van der Waals surface area contributed by atoms with Gasteiger partial charge in [0.05, 0.1) is 18.6 Å². The second-order valence-electron chi connectivity index (χ2n) is 2.45. The number of rotatable bonds is 3. The lowest BCUT2D eigenvalue weighted by Crippen LogP contribution is -1.97. The Labute approximate surface area is 66.0 Å². The summed E-state index contributed by atoms with van der Waals surface area (Å²) in [4.78, 5) is 3.97. The first kappa shape index (κ1) is 8.01. The molecule has 0 bridgehead atoms. The molecule has 0 amide bonds. The number of hydrogen-bond acceptors (Lipinski definition) is 2. The van der Waals surface area contributed by atoms with Crippen molar-refractivity contribution in [2.24, 2.45) is 0 Å². The molecule has 3 nitrogen and oxygen atoms in total. The van der Waals surface area contributed by atoms with Crippen molar-refractivity contribution in [1.82, 2.24) is 9.55 Å². The van der Waals surface area contributed by atoms with Crippen LogP contribution in [0.1, 0.15) is 18.7 Å². The molecule has 1 aromatic rings. The first-order valence-electron chi connectivity index (χ1n) is 3.53. The van der Waals surface area contributed by atoms with Gasteiger partial charge in [0.1, 0.15) is 0 Å². The molecule has 0 radical (unpaired) electrons. The van der Waals surface area contributed by atoms with Crippen LogP contribution in [0.3, 0.4) is 0 Å². The highest BCUT2D eigenvalue weighted by atomic mass is 16.3. The van der Waals surface area contributed by atoms with E-state index < -0.39 is 0 Å². The average molecular weight is 152 g/mol. The first-order chi connectivity index (χ1) is 5.27. The normalized spacial score (nSPS) is 12.9. The van der Waals surface area contributed by atoms with Crippen molar-refractivity contribution in [2.75, 3.05) is 0 Å². The van der Waals surface area contributed by atoms with Gasteiger partial charge in [-0.15, -0.1) is 6.58 Å². The quantitative estimate of drug-likeness (QED) is 0.659. The third-order valence-corrected chi connectivity index (χ3v) is 1.63. The lowest BCUT2D eigenvalue weighted by molar-refractivity contribution is 0.277. The second kappa shape index (κ2) is 3.34. The van der Waals surface area contributed by atoms with Crippen LogP contribution in [-0.4, -0.2) is 14.7 Å². The number of aliphatic hydroxyl groups is 1. The maximum absolute atomic E-state index is 8.70. The van der Waals surface area contributed by atoms with Gasteiger partial charge in [0.15, 0.2) is 0 Å². The summed E-state index contributed by atoms with van der Waals surface area (Å²) in [5.41, 5.74) is 0.693. The zero-order chi connectivity index (χ0) is 8.27. The molecule has 60 valence electrons. The van der Waals surface area contributed by atoms with Gasteiger partial charge in [-0.2, -0.15) is 0 Å². The monoisotopic (exact) mass is 152 g/mol. The zero-order valence-electron chi connectivity index (χ0n) is 6.57. The molecule has 0 saturated carbocycles. The van der Waals surface area contributed by atoms with E-state index in [4.69, 9.17) is 5.11 Å². The molecule has 1 unspecified atom stereocenters. The Hall–Kier alpha value is -1.09. The number of aromatic nitrogens is 2. The lowest BCUT2D eigenvalue weighted by atomic mass is 10.3. The number of aliphatic hydroxyl groups excluding tert-OH is 1. The molecule has 0 aromatic carbocycles. The van der Waals surface area contributed by atoms with Crippen molar-refractivity contribution in [2.45, 2.75) is 19.6 Å². The molecule has 0 aliphatic rings. The Morgan fingerprint density at radius 2 is 2.64 bits per heavy atom. The van der Waals surface area contributed by atoms with E-state index in [2.05, 4.69) is 11.6 Å². The van der Waals surface area contributed by atoms with Gasteiger partial charge in [0, 0.05) is 12.2 Å². The average Bonchev–Trinajstić information content (AvgIpc) is 2.50. The largest absolute Gasteiger partial charge is 0.390 e. The Balaban J connectivity index is 2.79. The third-order valence-electron chi connectivity index (χ3n) is 1.63. The molecule has 0 spiro atoms. The van der Waals surface area contributed by atoms with Crippen molar-refractivity contribution in [3.05, 3.63) is 30.9 Å². The Bertz CT molecular complexity index is 242. The van der Waals surface area contributed by atoms with Crippen LogP contribution in [-0.2, 0) is 6.61 Å². The van der Waals surface area contributed by atoms with Crippen LogP contribution in [0, 0.1) is 0 Å². The van der Waals surface area contributed by atoms with Gasteiger partial charge >= 0.3 is 0 Å². The fourth-order valence-electron chi connectivity index (χ4n) is 0.806. The number of hydrogen-bond donors (Lipinski definition) is 1. The summed E-state index contributed by atoms with van der Waals surface area (Å²) >= 11 is 0. The molecular formula is C8H12N2O. The van der Waals surface area contributed by atoms with Gasteiger partial charge in [-0.25, -0.2) is 4.98 Å². The first-order valence-corrected chi connectivity index (χ1v) is 3.53. The molecular weight excluding hydrogens is 140 g/mol. The topological polar surface area (TPSA) is 38.0 Å². The summed E-state index contributed by atoms with van der Waals surface area (Å²) in [7, 11) is 0. The summed E-state index contributed by atoms with van der Waals surface area (Å²) in [5.74, 6) is 0. The van der Waals surface area contributed by atoms with Crippen LogP contribution in [0.2, 0.25) is 0 Å². The highest BCUT2D eigenvalue weighted by molar-refractivity contribution is 4.98. The predicted molar refractivity (Wildman–Crippen MR) is 43.1 cm³/mol. The minimum atomic E-state index is -0.00311. The van der Waals surface area contributed by atoms with Gasteiger partial charge in [-0.05, 0) is 6.92 Å². The maximum Gasteiger partial charge on any atom is 0.0955 e. The number of imidazole rings is 1. The number of allylic oxidation sites excluding steroid dienone is 1. The summed E-state index contributed by atoms with van der Waals surface area (Å²) < 4.78 is 1.90. The molecule has 1 rings (SSSR count). The molecule has 3 heteroatoms. The van der Waals surface area contributed by atoms with Crippen molar-refractivity contribution < 1.29 is 5.11 Å². The highest BCUT2D eigenvalue weighted by Crippen LogP contribution is 2.06. The van der Waals surface area contributed by atoms with E-state index in [0.29, 0.717) is 5.69 Å². The summed E-state index contributed by atoms with van der Waals surface area (Å²) in [6.07, 6.45) is 5.33. The van der Waals surface area contributed by atoms with E-state index in [0.717, 1.165) is 0 Å². The standard InChI is InChI=1S/C8H12N2O/c1-3-7(2)10-4-8(5-11)9-6-10/h3-4,6-7,11H,1,5H2,2H3.